The average molecular weight is 443 g/mol. The largest absolute Gasteiger partial charge is 0.383 e. The van der Waals surface area contributed by atoms with Crippen molar-refractivity contribution in [1.82, 2.24) is 19.0 Å². The second-order valence-corrected chi connectivity index (χ2v) is 8.54. The molecule has 0 unspecified atom stereocenters. The van der Waals surface area contributed by atoms with Gasteiger partial charge in [0, 0.05) is 43.9 Å². The molecule has 4 rings (SSSR count). The Morgan fingerprint density at radius 3 is 2.68 bits per heavy atom. The van der Waals surface area contributed by atoms with E-state index in [9.17, 15) is 9.59 Å². The first-order valence-corrected chi connectivity index (χ1v) is 10.9. The Labute approximate surface area is 185 Å². The molecule has 3 heterocycles. The van der Waals surface area contributed by atoms with Crippen molar-refractivity contribution in [1.29, 1.82) is 0 Å². The second kappa shape index (κ2) is 9.34. The molecule has 164 valence electrons. The van der Waals surface area contributed by atoms with Crippen molar-refractivity contribution >= 4 is 22.6 Å². The van der Waals surface area contributed by atoms with Gasteiger partial charge in [0.25, 0.3) is 5.56 Å². The van der Waals surface area contributed by atoms with Gasteiger partial charge in [0.05, 0.1) is 18.5 Å². The van der Waals surface area contributed by atoms with Crippen LogP contribution in [0.4, 0.5) is 0 Å². The maximum absolute atomic E-state index is 12.7. The van der Waals surface area contributed by atoms with E-state index in [0.717, 1.165) is 47.8 Å². The number of rotatable bonds is 6. The number of hydrogen-bond donors (Lipinski definition) is 0. The first-order valence-electron chi connectivity index (χ1n) is 10.5. The molecule has 1 fully saturated rings. The van der Waals surface area contributed by atoms with Crippen molar-refractivity contribution in [3.05, 3.63) is 73.5 Å². The highest BCUT2D eigenvalue weighted by Gasteiger charge is 2.23. The van der Waals surface area contributed by atoms with Crippen molar-refractivity contribution in [3.8, 4) is 0 Å². The molecule has 0 saturated carbocycles. The van der Waals surface area contributed by atoms with E-state index in [2.05, 4.69) is 17.0 Å². The van der Waals surface area contributed by atoms with E-state index in [1.54, 1.807) is 13.2 Å². The van der Waals surface area contributed by atoms with Crippen LogP contribution < -0.4 is 11.2 Å². The van der Waals surface area contributed by atoms with Crippen molar-refractivity contribution < 1.29 is 4.74 Å². The van der Waals surface area contributed by atoms with E-state index >= 15 is 0 Å². The maximum atomic E-state index is 12.7. The molecule has 1 aliphatic rings. The third kappa shape index (κ3) is 4.59. The van der Waals surface area contributed by atoms with Crippen LogP contribution in [0.2, 0.25) is 5.02 Å². The number of nitrogens with zero attached hydrogens (tertiary/aromatic N) is 4. The molecule has 0 bridgehead atoms. The molecular formula is C23H27ClN4O3. The summed E-state index contributed by atoms with van der Waals surface area (Å²) in [5.41, 5.74) is 1.91. The molecule has 7 nitrogen and oxygen atoms in total. The lowest BCUT2D eigenvalue weighted by atomic mass is 9.93. The highest BCUT2D eigenvalue weighted by Crippen LogP contribution is 2.27. The standard InChI is InChI=1S/C23H27ClN4O3/c1-26-22(29)19-9-10-20(25-21(19)28(23(26)30)12-13-31-2)17-4-3-11-27(15-17)14-16-5-7-18(24)8-6-16/h5-10,17H,3-4,11-15H2,1-2H3/t17-/m0/s1. The van der Waals surface area contributed by atoms with E-state index in [1.807, 2.05) is 18.2 Å². The minimum absolute atomic E-state index is 0.250. The molecule has 0 amide bonds. The lowest BCUT2D eigenvalue weighted by molar-refractivity contribution is 0.186. The van der Waals surface area contributed by atoms with Crippen molar-refractivity contribution in [2.45, 2.75) is 31.8 Å². The van der Waals surface area contributed by atoms with Gasteiger partial charge in [0.1, 0.15) is 5.65 Å². The van der Waals surface area contributed by atoms with Gasteiger partial charge >= 0.3 is 5.69 Å². The minimum Gasteiger partial charge on any atom is -0.383 e. The van der Waals surface area contributed by atoms with Crippen molar-refractivity contribution in [3.63, 3.8) is 0 Å². The molecule has 3 aromatic rings. The third-order valence-electron chi connectivity index (χ3n) is 5.97. The Morgan fingerprint density at radius 2 is 1.94 bits per heavy atom. The lowest BCUT2D eigenvalue weighted by Gasteiger charge is -2.32. The van der Waals surface area contributed by atoms with E-state index in [4.69, 9.17) is 21.3 Å². The van der Waals surface area contributed by atoms with E-state index < -0.39 is 0 Å². The SMILES string of the molecule is COCCn1c(=O)n(C)c(=O)c2ccc([C@H]3CCCN(Cc4ccc(Cl)cc4)C3)nc21. The molecule has 1 aliphatic heterocycles. The monoisotopic (exact) mass is 442 g/mol. The third-order valence-corrected chi connectivity index (χ3v) is 6.22. The number of likely N-dealkylation sites (tertiary alicyclic amines) is 1. The summed E-state index contributed by atoms with van der Waals surface area (Å²) in [5, 5.41) is 1.20. The normalized spacial score (nSPS) is 17.3. The minimum atomic E-state index is -0.368. The van der Waals surface area contributed by atoms with Gasteiger partial charge < -0.3 is 4.74 Å². The van der Waals surface area contributed by atoms with Crippen LogP contribution >= 0.6 is 11.6 Å². The number of ether oxygens (including phenoxy) is 1. The highest BCUT2D eigenvalue weighted by molar-refractivity contribution is 6.30. The Morgan fingerprint density at radius 1 is 1.16 bits per heavy atom. The molecule has 0 aliphatic carbocycles. The van der Waals surface area contributed by atoms with E-state index in [1.165, 1.54) is 17.2 Å². The summed E-state index contributed by atoms with van der Waals surface area (Å²) in [6.45, 7) is 3.50. The van der Waals surface area contributed by atoms with Crippen molar-refractivity contribution in [2.24, 2.45) is 7.05 Å². The predicted octanol–water partition coefficient (Wildman–Crippen LogP) is 2.77. The van der Waals surface area contributed by atoms with Crippen LogP contribution in [0.1, 0.15) is 30.0 Å². The summed E-state index contributed by atoms with van der Waals surface area (Å²) in [6.07, 6.45) is 2.10. The molecule has 0 N–H and O–H groups in total. The zero-order valence-corrected chi connectivity index (χ0v) is 18.6. The first kappa shape index (κ1) is 21.7. The van der Waals surface area contributed by atoms with E-state index in [-0.39, 0.29) is 17.2 Å². The van der Waals surface area contributed by atoms with Crippen LogP contribution in [0, 0.1) is 0 Å². The zero-order chi connectivity index (χ0) is 22.0. The van der Waals surface area contributed by atoms with Gasteiger partial charge in [-0.1, -0.05) is 23.7 Å². The summed E-state index contributed by atoms with van der Waals surface area (Å²) < 4.78 is 7.83. The van der Waals surface area contributed by atoms with Gasteiger partial charge in [-0.3, -0.25) is 18.8 Å². The topological polar surface area (TPSA) is 69.4 Å². The summed E-state index contributed by atoms with van der Waals surface area (Å²) in [5.74, 6) is 0.250. The fourth-order valence-electron chi connectivity index (χ4n) is 4.27. The van der Waals surface area contributed by atoms with Gasteiger partial charge in [-0.25, -0.2) is 9.78 Å². The zero-order valence-electron chi connectivity index (χ0n) is 17.9. The Kier molecular flexibility index (Phi) is 6.55. The van der Waals surface area contributed by atoms with Gasteiger partial charge in [0.15, 0.2) is 0 Å². The summed E-state index contributed by atoms with van der Waals surface area (Å²) in [7, 11) is 3.09. The van der Waals surface area contributed by atoms with E-state index in [0.29, 0.717) is 24.2 Å². The number of methoxy groups -OCH3 is 1. The Balaban J connectivity index is 1.64. The van der Waals surface area contributed by atoms with Crippen LogP contribution in [-0.4, -0.2) is 45.8 Å². The van der Waals surface area contributed by atoms with Gasteiger partial charge in [0.2, 0.25) is 0 Å². The molecule has 1 aromatic carbocycles. The van der Waals surface area contributed by atoms with Crippen LogP contribution in [0.5, 0.6) is 0 Å². The maximum Gasteiger partial charge on any atom is 0.332 e. The predicted molar refractivity (Wildman–Crippen MR) is 122 cm³/mol. The summed E-state index contributed by atoms with van der Waals surface area (Å²) in [6, 6.07) is 11.7. The number of piperidine rings is 1. The first-order chi connectivity index (χ1) is 15.0. The van der Waals surface area contributed by atoms with Gasteiger partial charge in [-0.15, -0.1) is 0 Å². The summed E-state index contributed by atoms with van der Waals surface area (Å²) >= 11 is 6.00. The van der Waals surface area contributed by atoms with Gasteiger partial charge in [-0.05, 0) is 49.2 Å². The molecule has 1 saturated heterocycles. The van der Waals surface area contributed by atoms with Crippen molar-refractivity contribution in [2.75, 3.05) is 26.8 Å². The van der Waals surface area contributed by atoms with Crippen LogP contribution in [-0.2, 0) is 24.9 Å². The quantitative estimate of drug-likeness (QED) is 0.587. The number of benzene rings is 1. The highest BCUT2D eigenvalue weighted by atomic mass is 35.5. The van der Waals surface area contributed by atoms with Crippen LogP contribution in [0.15, 0.2) is 46.0 Å². The number of fused-ring (bicyclic) bond motifs is 1. The smallest absolute Gasteiger partial charge is 0.332 e. The molecule has 8 heteroatoms. The number of aromatic nitrogens is 3. The summed E-state index contributed by atoms with van der Waals surface area (Å²) in [4.78, 5) is 32.5. The lowest BCUT2D eigenvalue weighted by Crippen LogP contribution is -2.39. The molecular weight excluding hydrogens is 416 g/mol. The fourth-order valence-corrected chi connectivity index (χ4v) is 4.40. The molecule has 31 heavy (non-hydrogen) atoms. The molecule has 2 aromatic heterocycles. The number of pyridine rings is 1. The molecule has 1 atom stereocenters. The number of halogens is 1. The molecule has 0 spiro atoms. The average Bonchev–Trinajstić information content (AvgIpc) is 2.79. The molecule has 0 radical (unpaired) electrons. The fraction of sp³-hybridized carbons (Fsp3) is 0.435. The second-order valence-electron chi connectivity index (χ2n) is 8.10. The Bertz CT molecular complexity index is 1190. The van der Waals surface area contributed by atoms with Gasteiger partial charge in [-0.2, -0.15) is 0 Å². The Hall–Kier alpha value is -2.48. The van der Waals surface area contributed by atoms with Crippen LogP contribution in [0.3, 0.4) is 0 Å². The number of hydrogen-bond acceptors (Lipinski definition) is 5. The van der Waals surface area contributed by atoms with Crippen LogP contribution in [0.25, 0.3) is 11.0 Å².